The Bertz CT molecular complexity index is 1420. The smallest absolute Gasteiger partial charge is 0.255 e. The number of aryl methyl sites for hydroxylation is 1. The Kier molecular flexibility index (Phi) is 7.81. The van der Waals surface area contributed by atoms with Crippen LogP contribution in [0.4, 0.5) is 10.1 Å². The zero-order chi connectivity index (χ0) is 26.5. The van der Waals surface area contributed by atoms with Gasteiger partial charge >= 0.3 is 0 Å². The Hall–Kier alpha value is -4.01. The van der Waals surface area contributed by atoms with E-state index in [2.05, 4.69) is 32.1 Å². The van der Waals surface area contributed by atoms with E-state index in [1.165, 1.54) is 6.07 Å². The van der Waals surface area contributed by atoms with Crippen molar-refractivity contribution in [2.75, 3.05) is 38.5 Å². The van der Waals surface area contributed by atoms with Crippen LogP contribution in [0.25, 0.3) is 11.3 Å². The molecule has 1 aliphatic rings. The molecule has 8 heteroatoms. The van der Waals surface area contributed by atoms with Gasteiger partial charge in [-0.15, -0.1) is 0 Å². The number of hydrogen-bond acceptors (Lipinski definition) is 6. The number of nitrogens with zero attached hydrogens (tertiary/aromatic N) is 5. The van der Waals surface area contributed by atoms with Crippen molar-refractivity contribution >= 4 is 11.6 Å². The summed E-state index contributed by atoms with van der Waals surface area (Å²) in [7, 11) is 2.09. The van der Waals surface area contributed by atoms with Gasteiger partial charge in [0.2, 0.25) is 0 Å². The molecule has 0 unspecified atom stereocenters. The van der Waals surface area contributed by atoms with Gasteiger partial charge in [-0.3, -0.25) is 14.7 Å². The van der Waals surface area contributed by atoms with E-state index >= 15 is 0 Å². The van der Waals surface area contributed by atoms with E-state index < -0.39 is 0 Å². The van der Waals surface area contributed by atoms with E-state index in [4.69, 9.17) is 4.98 Å². The fourth-order valence-corrected chi connectivity index (χ4v) is 4.54. The third kappa shape index (κ3) is 6.27. The molecule has 7 nitrogen and oxygen atoms in total. The van der Waals surface area contributed by atoms with Crippen LogP contribution in [-0.2, 0) is 13.0 Å². The van der Waals surface area contributed by atoms with Crippen molar-refractivity contribution in [3.8, 4) is 11.3 Å². The topological polar surface area (TPSA) is 74.2 Å². The van der Waals surface area contributed by atoms with Crippen molar-refractivity contribution in [2.24, 2.45) is 0 Å². The normalized spacial score (nSPS) is 14.4. The summed E-state index contributed by atoms with van der Waals surface area (Å²) in [6.45, 7) is 6.33. The highest BCUT2D eigenvalue weighted by Gasteiger charge is 2.17. The molecule has 0 aliphatic carbocycles. The number of piperazine rings is 1. The Morgan fingerprint density at radius 2 is 1.84 bits per heavy atom. The molecular formula is C30H31FN6O. The quantitative estimate of drug-likeness (QED) is 0.393. The number of nitrogens with one attached hydrogen (secondary N) is 1. The number of hydrogen-bond donors (Lipinski definition) is 1. The van der Waals surface area contributed by atoms with Gasteiger partial charge in [0.15, 0.2) is 0 Å². The van der Waals surface area contributed by atoms with Crippen LogP contribution in [0.15, 0.2) is 73.2 Å². The van der Waals surface area contributed by atoms with Crippen molar-refractivity contribution in [3.63, 3.8) is 0 Å². The third-order valence-electron chi connectivity index (χ3n) is 6.92. The maximum Gasteiger partial charge on any atom is 0.255 e. The molecular weight excluding hydrogens is 478 g/mol. The fraction of sp³-hybridized carbons (Fsp3) is 0.267. The lowest BCUT2D eigenvalue weighted by molar-refractivity contribution is 0.102. The molecule has 1 fully saturated rings. The minimum Gasteiger partial charge on any atom is -0.322 e. The van der Waals surface area contributed by atoms with Gasteiger partial charge in [-0.2, -0.15) is 0 Å². The highest BCUT2D eigenvalue weighted by atomic mass is 18.2. The van der Waals surface area contributed by atoms with Crippen LogP contribution >= 0.6 is 0 Å². The van der Waals surface area contributed by atoms with Crippen molar-refractivity contribution in [1.82, 2.24) is 24.8 Å². The molecule has 194 valence electrons. The molecule has 0 bridgehead atoms. The molecule has 1 amide bonds. The molecule has 38 heavy (non-hydrogen) atoms. The Morgan fingerprint density at radius 1 is 1.00 bits per heavy atom. The van der Waals surface area contributed by atoms with E-state index in [1.807, 2.05) is 43.3 Å². The minimum absolute atomic E-state index is 0.291. The molecule has 0 saturated carbocycles. The summed E-state index contributed by atoms with van der Waals surface area (Å²) in [6, 6.07) is 16.2. The van der Waals surface area contributed by atoms with Crippen LogP contribution in [0.2, 0.25) is 0 Å². The van der Waals surface area contributed by atoms with E-state index in [1.54, 1.807) is 30.7 Å². The van der Waals surface area contributed by atoms with Gasteiger partial charge in [0.05, 0.1) is 5.69 Å². The molecule has 3 heterocycles. The first kappa shape index (κ1) is 25.6. The molecule has 4 aromatic rings. The van der Waals surface area contributed by atoms with Gasteiger partial charge < -0.3 is 10.2 Å². The molecule has 0 spiro atoms. The predicted molar refractivity (Wildman–Crippen MR) is 146 cm³/mol. The van der Waals surface area contributed by atoms with Gasteiger partial charge in [0.1, 0.15) is 11.6 Å². The highest BCUT2D eigenvalue weighted by molar-refractivity contribution is 6.04. The lowest BCUT2D eigenvalue weighted by Crippen LogP contribution is -2.44. The van der Waals surface area contributed by atoms with Gasteiger partial charge in [-0.05, 0) is 67.6 Å². The lowest BCUT2D eigenvalue weighted by Gasteiger charge is -2.32. The van der Waals surface area contributed by atoms with Gasteiger partial charge in [-0.1, -0.05) is 12.1 Å². The Morgan fingerprint density at radius 3 is 2.61 bits per heavy atom. The number of carbonyl (C=O) groups excluding carboxylic acids is 1. The molecule has 2 aromatic carbocycles. The largest absolute Gasteiger partial charge is 0.322 e. The standard InChI is InChI=1S/C30H31FN6O/c1-21-5-8-26(16-25(21)18-29-33-11-9-28(35-29)23-4-3-10-32-19-23)34-30(38)22-6-7-24(27(31)17-22)20-37-14-12-36(2)13-15-37/h3-11,16-17,19H,12-15,18,20H2,1-2H3,(H,34,38)/i31-1. The van der Waals surface area contributed by atoms with E-state index in [0.29, 0.717) is 35.6 Å². The summed E-state index contributed by atoms with van der Waals surface area (Å²) in [5.74, 6) is -0.0255. The van der Waals surface area contributed by atoms with Crippen molar-refractivity contribution in [2.45, 2.75) is 19.9 Å². The van der Waals surface area contributed by atoms with E-state index in [9.17, 15) is 9.18 Å². The zero-order valence-electron chi connectivity index (χ0n) is 21.7. The number of pyridine rings is 1. The predicted octanol–water partition coefficient (Wildman–Crippen LogP) is 4.58. The second kappa shape index (κ2) is 11.6. The second-order valence-electron chi connectivity index (χ2n) is 9.76. The highest BCUT2D eigenvalue weighted by Crippen LogP contribution is 2.21. The summed E-state index contributed by atoms with van der Waals surface area (Å²) in [5.41, 5.74) is 5.34. The van der Waals surface area contributed by atoms with Crippen LogP contribution in [0.3, 0.4) is 0 Å². The van der Waals surface area contributed by atoms with Crippen LogP contribution < -0.4 is 5.32 Å². The number of aromatic nitrogens is 3. The van der Waals surface area contributed by atoms with Crippen LogP contribution in [-0.4, -0.2) is 63.9 Å². The second-order valence-corrected chi connectivity index (χ2v) is 9.76. The number of rotatable bonds is 7. The van der Waals surface area contributed by atoms with Crippen molar-refractivity contribution in [3.05, 3.63) is 107 Å². The number of amides is 1. The number of anilines is 1. The fourth-order valence-electron chi connectivity index (χ4n) is 4.54. The number of benzene rings is 2. The first-order chi connectivity index (χ1) is 18.4. The zero-order valence-corrected chi connectivity index (χ0v) is 21.7. The van der Waals surface area contributed by atoms with Crippen LogP contribution in [0, 0.1) is 12.7 Å². The average molecular weight is 510 g/mol. The van der Waals surface area contributed by atoms with E-state index in [-0.39, 0.29) is 11.7 Å². The Labute approximate surface area is 222 Å². The number of carbonyl (C=O) groups is 1. The summed E-state index contributed by atoms with van der Waals surface area (Å²) in [4.78, 5) is 30.7. The monoisotopic (exact) mass is 509 g/mol. The summed E-state index contributed by atoms with van der Waals surface area (Å²) in [6.07, 6.45) is 5.76. The van der Waals surface area contributed by atoms with Gasteiger partial charge in [-0.25, -0.2) is 14.4 Å². The molecule has 5 rings (SSSR count). The summed E-state index contributed by atoms with van der Waals surface area (Å²) >= 11 is 0. The average Bonchev–Trinajstić information content (AvgIpc) is 2.93. The van der Waals surface area contributed by atoms with Crippen molar-refractivity contribution < 1.29 is 9.18 Å². The van der Waals surface area contributed by atoms with E-state index in [0.717, 1.165) is 48.6 Å². The molecule has 1 saturated heterocycles. The molecule has 2 aromatic heterocycles. The number of halogens is 1. The Balaban J connectivity index is 1.26. The van der Waals surface area contributed by atoms with Gasteiger partial charge in [0.25, 0.3) is 5.91 Å². The summed E-state index contributed by atoms with van der Waals surface area (Å²) < 4.78 is 14.9. The van der Waals surface area contributed by atoms with Crippen molar-refractivity contribution in [1.29, 1.82) is 0 Å². The number of likely N-dealkylation sites (N-methyl/N-ethyl adjacent to an activating group) is 1. The molecule has 0 atom stereocenters. The van der Waals surface area contributed by atoms with Crippen LogP contribution in [0.5, 0.6) is 0 Å². The summed E-state index contributed by atoms with van der Waals surface area (Å²) in [5, 5.41) is 2.91. The van der Waals surface area contributed by atoms with Gasteiger partial charge in [0, 0.05) is 80.1 Å². The SMILES string of the molecule is Cc1ccc(NC(=O)c2ccc(CN3CCN(C)CC3)c([18F])c2)cc1Cc1nccc(-c2cccnc2)n1. The minimum atomic E-state index is -0.355. The maximum atomic E-state index is 14.9. The third-order valence-corrected chi connectivity index (χ3v) is 6.92. The first-order valence-corrected chi connectivity index (χ1v) is 12.8. The molecule has 1 aliphatic heterocycles. The first-order valence-electron chi connectivity index (χ1n) is 12.8. The molecule has 1 N–H and O–H groups in total. The van der Waals surface area contributed by atoms with Crippen LogP contribution in [0.1, 0.15) is 32.9 Å². The molecule has 0 radical (unpaired) electrons. The lowest BCUT2D eigenvalue weighted by atomic mass is 10.0. The maximum absolute atomic E-state index is 14.9.